The largest absolute Gasteiger partial charge is 0.419 e. The van der Waals surface area contributed by atoms with E-state index in [0.717, 1.165) is 36.4 Å². The molecule has 1 N–H and O–H groups in total. The SMILES string of the molecule is c1csc(-c2nnc(CN3CCC4CCC(C3)N4)o2)c1. The van der Waals surface area contributed by atoms with Crippen LogP contribution in [0.15, 0.2) is 21.9 Å². The van der Waals surface area contributed by atoms with Crippen LogP contribution in [0.3, 0.4) is 0 Å². The van der Waals surface area contributed by atoms with E-state index in [4.69, 9.17) is 4.42 Å². The second-order valence-electron chi connectivity index (χ2n) is 5.64. The van der Waals surface area contributed by atoms with Crippen LogP contribution in [0.1, 0.15) is 25.2 Å². The first-order valence-electron chi connectivity index (χ1n) is 7.21. The maximum absolute atomic E-state index is 5.78. The third-order valence-corrected chi connectivity index (χ3v) is 5.02. The number of likely N-dealkylation sites (tertiary alicyclic amines) is 1. The number of hydrogen-bond acceptors (Lipinski definition) is 6. The molecule has 0 spiro atoms. The van der Waals surface area contributed by atoms with Crippen molar-refractivity contribution in [3.63, 3.8) is 0 Å². The Morgan fingerprint density at radius 2 is 2.25 bits per heavy atom. The predicted molar refractivity (Wildman–Crippen MR) is 77.5 cm³/mol. The van der Waals surface area contributed by atoms with Crippen LogP contribution in [0.25, 0.3) is 10.8 Å². The van der Waals surface area contributed by atoms with Crippen LogP contribution in [0.2, 0.25) is 0 Å². The number of nitrogens with zero attached hydrogens (tertiary/aromatic N) is 3. The molecule has 2 aliphatic rings. The Morgan fingerprint density at radius 1 is 1.30 bits per heavy atom. The lowest BCUT2D eigenvalue weighted by Gasteiger charge is -2.21. The van der Waals surface area contributed by atoms with E-state index in [-0.39, 0.29) is 0 Å². The molecule has 2 atom stereocenters. The highest BCUT2D eigenvalue weighted by atomic mass is 32.1. The summed E-state index contributed by atoms with van der Waals surface area (Å²) in [5.41, 5.74) is 0. The van der Waals surface area contributed by atoms with Crippen molar-refractivity contribution in [2.75, 3.05) is 13.1 Å². The molecule has 2 aromatic rings. The monoisotopic (exact) mass is 290 g/mol. The first-order valence-corrected chi connectivity index (χ1v) is 8.09. The van der Waals surface area contributed by atoms with Crippen molar-refractivity contribution < 1.29 is 4.42 Å². The van der Waals surface area contributed by atoms with Gasteiger partial charge in [0.15, 0.2) is 0 Å². The average molecular weight is 290 g/mol. The van der Waals surface area contributed by atoms with Gasteiger partial charge in [0, 0.05) is 25.2 Å². The quantitative estimate of drug-likeness (QED) is 0.938. The van der Waals surface area contributed by atoms with Gasteiger partial charge in [-0.15, -0.1) is 21.5 Å². The molecule has 5 nitrogen and oxygen atoms in total. The summed E-state index contributed by atoms with van der Waals surface area (Å²) in [7, 11) is 0. The van der Waals surface area contributed by atoms with E-state index in [9.17, 15) is 0 Å². The summed E-state index contributed by atoms with van der Waals surface area (Å²) in [6.07, 6.45) is 3.86. The maximum Gasteiger partial charge on any atom is 0.257 e. The Bertz CT molecular complexity index is 568. The highest BCUT2D eigenvalue weighted by Crippen LogP contribution is 2.24. The second kappa shape index (κ2) is 5.27. The summed E-state index contributed by atoms with van der Waals surface area (Å²) in [5, 5.41) is 14.0. The van der Waals surface area contributed by atoms with Crippen molar-refractivity contribution in [1.29, 1.82) is 0 Å². The minimum absolute atomic E-state index is 0.641. The van der Waals surface area contributed by atoms with E-state index in [1.807, 2.05) is 17.5 Å². The van der Waals surface area contributed by atoms with Crippen molar-refractivity contribution in [3.8, 4) is 10.8 Å². The Hall–Kier alpha value is -1.24. The highest BCUT2D eigenvalue weighted by Gasteiger charge is 2.29. The van der Waals surface area contributed by atoms with Gasteiger partial charge in [0.1, 0.15) is 0 Å². The molecule has 2 aromatic heterocycles. The molecule has 0 radical (unpaired) electrons. The van der Waals surface area contributed by atoms with Crippen LogP contribution in [-0.4, -0.2) is 40.3 Å². The molecular formula is C14H18N4OS. The molecular weight excluding hydrogens is 272 g/mol. The van der Waals surface area contributed by atoms with Crippen molar-refractivity contribution >= 4 is 11.3 Å². The standard InChI is InChI=1S/C14H18N4OS/c1-2-12(20-7-1)14-17-16-13(19-14)9-18-6-5-10-3-4-11(8-18)15-10/h1-2,7,10-11,15H,3-6,8-9H2. The minimum Gasteiger partial charge on any atom is -0.419 e. The summed E-state index contributed by atoms with van der Waals surface area (Å²) in [6, 6.07) is 5.37. The van der Waals surface area contributed by atoms with Crippen molar-refractivity contribution in [2.45, 2.75) is 37.9 Å². The molecule has 4 heterocycles. The van der Waals surface area contributed by atoms with Gasteiger partial charge < -0.3 is 9.73 Å². The van der Waals surface area contributed by atoms with E-state index in [1.165, 1.54) is 19.3 Å². The summed E-state index contributed by atoms with van der Waals surface area (Å²) in [5.74, 6) is 1.37. The highest BCUT2D eigenvalue weighted by molar-refractivity contribution is 7.13. The van der Waals surface area contributed by atoms with Gasteiger partial charge in [-0.1, -0.05) is 6.07 Å². The van der Waals surface area contributed by atoms with Crippen molar-refractivity contribution in [3.05, 3.63) is 23.4 Å². The molecule has 2 saturated heterocycles. The summed E-state index contributed by atoms with van der Waals surface area (Å²) in [4.78, 5) is 3.48. The smallest absolute Gasteiger partial charge is 0.257 e. The van der Waals surface area contributed by atoms with Gasteiger partial charge in [-0.25, -0.2) is 0 Å². The molecule has 0 aliphatic carbocycles. The third-order valence-electron chi connectivity index (χ3n) is 4.17. The van der Waals surface area contributed by atoms with Gasteiger partial charge >= 0.3 is 0 Å². The van der Waals surface area contributed by atoms with Crippen LogP contribution in [0.4, 0.5) is 0 Å². The van der Waals surface area contributed by atoms with Gasteiger partial charge in [-0.2, -0.15) is 0 Å². The van der Waals surface area contributed by atoms with Crippen LogP contribution < -0.4 is 5.32 Å². The normalized spacial score (nSPS) is 26.8. The lowest BCUT2D eigenvalue weighted by Crippen LogP contribution is -2.35. The zero-order chi connectivity index (χ0) is 13.4. The number of fused-ring (bicyclic) bond motifs is 2. The lowest BCUT2D eigenvalue weighted by atomic mass is 10.1. The maximum atomic E-state index is 5.78. The number of nitrogens with one attached hydrogen (secondary N) is 1. The molecule has 20 heavy (non-hydrogen) atoms. The topological polar surface area (TPSA) is 54.2 Å². The van der Waals surface area contributed by atoms with Crippen molar-refractivity contribution in [2.24, 2.45) is 0 Å². The minimum atomic E-state index is 0.641. The third kappa shape index (κ3) is 2.51. The van der Waals surface area contributed by atoms with E-state index in [2.05, 4.69) is 20.4 Å². The van der Waals surface area contributed by atoms with Crippen LogP contribution in [-0.2, 0) is 6.54 Å². The second-order valence-corrected chi connectivity index (χ2v) is 6.59. The summed E-state index contributed by atoms with van der Waals surface area (Å²) >= 11 is 1.63. The van der Waals surface area contributed by atoms with E-state index in [1.54, 1.807) is 11.3 Å². The zero-order valence-electron chi connectivity index (χ0n) is 11.3. The van der Waals surface area contributed by atoms with E-state index in [0.29, 0.717) is 11.9 Å². The van der Waals surface area contributed by atoms with Crippen LogP contribution in [0.5, 0.6) is 0 Å². The Kier molecular flexibility index (Phi) is 3.29. The molecule has 2 bridgehead atoms. The molecule has 0 amide bonds. The predicted octanol–water partition coefficient (Wildman–Crippen LogP) is 2.12. The number of thiophene rings is 1. The Labute approximate surface area is 122 Å². The molecule has 106 valence electrons. The molecule has 4 rings (SSSR count). The Morgan fingerprint density at radius 3 is 3.15 bits per heavy atom. The molecule has 2 unspecified atom stereocenters. The van der Waals surface area contributed by atoms with Crippen LogP contribution in [0, 0.1) is 0 Å². The molecule has 0 saturated carbocycles. The first-order chi connectivity index (χ1) is 9.87. The van der Waals surface area contributed by atoms with E-state index < -0.39 is 0 Å². The zero-order valence-corrected chi connectivity index (χ0v) is 12.1. The molecule has 0 aromatic carbocycles. The average Bonchev–Trinajstić information content (AvgIpc) is 3.13. The molecule has 2 fully saturated rings. The lowest BCUT2D eigenvalue weighted by molar-refractivity contribution is 0.228. The van der Waals surface area contributed by atoms with Gasteiger partial charge in [-0.3, -0.25) is 4.90 Å². The summed E-state index contributed by atoms with van der Waals surface area (Å²) < 4.78 is 5.78. The van der Waals surface area contributed by atoms with Crippen LogP contribution >= 0.6 is 11.3 Å². The number of hydrogen-bond donors (Lipinski definition) is 1. The summed E-state index contributed by atoms with van der Waals surface area (Å²) in [6.45, 7) is 2.97. The van der Waals surface area contributed by atoms with Gasteiger partial charge in [-0.05, 0) is 30.7 Å². The fourth-order valence-electron chi connectivity index (χ4n) is 3.17. The molecule has 2 aliphatic heterocycles. The molecule has 6 heteroatoms. The Balaban J connectivity index is 1.44. The van der Waals surface area contributed by atoms with Gasteiger partial charge in [0.25, 0.3) is 5.89 Å². The number of rotatable bonds is 3. The fourth-order valence-corrected chi connectivity index (χ4v) is 3.81. The fraction of sp³-hybridized carbons (Fsp3) is 0.571. The van der Waals surface area contributed by atoms with Crippen molar-refractivity contribution in [1.82, 2.24) is 20.4 Å². The van der Waals surface area contributed by atoms with Gasteiger partial charge in [0.05, 0.1) is 11.4 Å². The first kappa shape index (κ1) is 12.5. The number of aromatic nitrogens is 2. The van der Waals surface area contributed by atoms with E-state index >= 15 is 0 Å². The van der Waals surface area contributed by atoms with Gasteiger partial charge in [0.2, 0.25) is 5.89 Å².